The van der Waals surface area contributed by atoms with E-state index in [0.29, 0.717) is 5.56 Å². The van der Waals surface area contributed by atoms with E-state index in [1.165, 1.54) is 6.07 Å². The maximum atomic E-state index is 13.9. The standard InChI is InChI=1S/C13H17FN4/c1-3-18-8-10(7-16-18)13(17-15)11-6-9(2)4-5-12(11)14/h4-8,13,17H,3,15H2,1-2H3. The van der Waals surface area contributed by atoms with Crippen LogP contribution in [0.15, 0.2) is 30.6 Å². The molecule has 2 rings (SSSR count). The number of halogens is 1. The molecule has 1 atom stereocenters. The average Bonchev–Trinajstić information content (AvgIpc) is 2.83. The summed E-state index contributed by atoms with van der Waals surface area (Å²) in [5.41, 5.74) is 5.03. The van der Waals surface area contributed by atoms with Crippen LogP contribution >= 0.6 is 0 Å². The van der Waals surface area contributed by atoms with Crippen LogP contribution in [0.3, 0.4) is 0 Å². The quantitative estimate of drug-likeness (QED) is 0.642. The van der Waals surface area contributed by atoms with Gasteiger partial charge < -0.3 is 0 Å². The summed E-state index contributed by atoms with van der Waals surface area (Å²) in [4.78, 5) is 0. The third-order valence-electron chi connectivity index (χ3n) is 2.94. The molecule has 0 saturated heterocycles. The molecule has 1 unspecified atom stereocenters. The highest BCUT2D eigenvalue weighted by Crippen LogP contribution is 2.24. The molecule has 0 fully saturated rings. The SMILES string of the molecule is CCn1cc(C(NN)c2cc(C)ccc2F)cn1. The lowest BCUT2D eigenvalue weighted by Crippen LogP contribution is -2.29. The van der Waals surface area contributed by atoms with Crippen LogP contribution in [0.4, 0.5) is 4.39 Å². The maximum Gasteiger partial charge on any atom is 0.128 e. The minimum Gasteiger partial charge on any atom is -0.273 e. The van der Waals surface area contributed by atoms with E-state index >= 15 is 0 Å². The van der Waals surface area contributed by atoms with E-state index in [4.69, 9.17) is 5.84 Å². The fraction of sp³-hybridized carbons (Fsp3) is 0.308. The fourth-order valence-electron chi connectivity index (χ4n) is 1.95. The molecule has 0 aliphatic carbocycles. The number of nitrogens with two attached hydrogens (primary N) is 1. The number of hydrogen-bond acceptors (Lipinski definition) is 3. The van der Waals surface area contributed by atoms with Crippen molar-refractivity contribution in [3.8, 4) is 0 Å². The highest BCUT2D eigenvalue weighted by atomic mass is 19.1. The van der Waals surface area contributed by atoms with Gasteiger partial charge in [0.15, 0.2) is 0 Å². The number of nitrogens with zero attached hydrogens (tertiary/aromatic N) is 2. The topological polar surface area (TPSA) is 55.9 Å². The first-order valence-electron chi connectivity index (χ1n) is 5.90. The summed E-state index contributed by atoms with van der Waals surface area (Å²) in [6.45, 7) is 4.69. The van der Waals surface area contributed by atoms with Crippen molar-refractivity contribution < 1.29 is 4.39 Å². The number of hydrogen-bond donors (Lipinski definition) is 2. The van der Waals surface area contributed by atoms with Crippen LogP contribution in [0.1, 0.15) is 29.7 Å². The maximum absolute atomic E-state index is 13.9. The van der Waals surface area contributed by atoms with E-state index in [-0.39, 0.29) is 11.9 Å². The van der Waals surface area contributed by atoms with E-state index in [9.17, 15) is 4.39 Å². The van der Waals surface area contributed by atoms with Gasteiger partial charge in [0.05, 0.1) is 12.2 Å². The smallest absolute Gasteiger partial charge is 0.128 e. The largest absolute Gasteiger partial charge is 0.273 e. The van der Waals surface area contributed by atoms with Crippen molar-refractivity contribution in [3.05, 3.63) is 53.1 Å². The number of hydrazine groups is 1. The molecule has 0 bridgehead atoms. The molecule has 0 saturated carbocycles. The molecule has 0 radical (unpaired) electrons. The summed E-state index contributed by atoms with van der Waals surface area (Å²) in [6, 6.07) is 4.61. The van der Waals surface area contributed by atoms with Gasteiger partial charge >= 0.3 is 0 Å². The van der Waals surface area contributed by atoms with Gasteiger partial charge in [0.1, 0.15) is 5.82 Å². The van der Waals surface area contributed by atoms with Gasteiger partial charge in [0.25, 0.3) is 0 Å². The number of benzene rings is 1. The molecule has 0 spiro atoms. The van der Waals surface area contributed by atoms with Crippen molar-refractivity contribution in [2.45, 2.75) is 26.4 Å². The molecule has 96 valence electrons. The van der Waals surface area contributed by atoms with E-state index < -0.39 is 0 Å². The second-order valence-corrected chi connectivity index (χ2v) is 4.25. The molecule has 18 heavy (non-hydrogen) atoms. The molecule has 2 aromatic rings. The molecule has 0 aliphatic rings. The van der Waals surface area contributed by atoms with Gasteiger partial charge in [-0.15, -0.1) is 0 Å². The first-order valence-corrected chi connectivity index (χ1v) is 5.90. The minimum atomic E-state index is -0.384. The Morgan fingerprint density at radius 2 is 2.28 bits per heavy atom. The Hall–Kier alpha value is -1.72. The Morgan fingerprint density at radius 1 is 1.50 bits per heavy atom. The summed E-state index contributed by atoms with van der Waals surface area (Å²) in [5.74, 6) is 5.28. The molecule has 1 aromatic heterocycles. The Kier molecular flexibility index (Phi) is 3.74. The van der Waals surface area contributed by atoms with Crippen molar-refractivity contribution >= 4 is 0 Å². The summed E-state index contributed by atoms with van der Waals surface area (Å²) in [6.07, 6.45) is 3.57. The zero-order chi connectivity index (χ0) is 13.1. The first-order chi connectivity index (χ1) is 8.65. The van der Waals surface area contributed by atoms with Gasteiger partial charge in [0, 0.05) is 23.9 Å². The van der Waals surface area contributed by atoms with E-state index in [0.717, 1.165) is 17.7 Å². The third-order valence-corrected chi connectivity index (χ3v) is 2.94. The average molecular weight is 248 g/mol. The first kappa shape index (κ1) is 12.7. The number of nitrogens with one attached hydrogen (secondary N) is 1. The van der Waals surface area contributed by atoms with Gasteiger partial charge in [-0.05, 0) is 19.9 Å². The highest BCUT2D eigenvalue weighted by molar-refractivity contribution is 5.33. The van der Waals surface area contributed by atoms with E-state index in [1.54, 1.807) is 23.0 Å². The van der Waals surface area contributed by atoms with Crippen molar-refractivity contribution in [3.63, 3.8) is 0 Å². The normalized spacial score (nSPS) is 12.7. The summed E-state index contributed by atoms with van der Waals surface area (Å²) in [5, 5.41) is 4.18. The van der Waals surface area contributed by atoms with Gasteiger partial charge in [-0.1, -0.05) is 17.7 Å². The summed E-state index contributed by atoms with van der Waals surface area (Å²) < 4.78 is 15.6. The molecular formula is C13H17FN4. The highest BCUT2D eigenvalue weighted by Gasteiger charge is 2.18. The molecule has 1 aromatic carbocycles. The predicted molar refractivity (Wildman–Crippen MR) is 68.2 cm³/mol. The second-order valence-electron chi connectivity index (χ2n) is 4.25. The van der Waals surface area contributed by atoms with Gasteiger partial charge in [-0.3, -0.25) is 10.5 Å². The monoisotopic (exact) mass is 248 g/mol. The van der Waals surface area contributed by atoms with Gasteiger partial charge in [-0.25, -0.2) is 9.82 Å². The number of rotatable bonds is 4. The van der Waals surface area contributed by atoms with Crippen molar-refractivity contribution in [1.82, 2.24) is 15.2 Å². The van der Waals surface area contributed by atoms with Crippen LogP contribution in [-0.4, -0.2) is 9.78 Å². The van der Waals surface area contributed by atoms with Crippen molar-refractivity contribution in [2.75, 3.05) is 0 Å². The van der Waals surface area contributed by atoms with Crippen molar-refractivity contribution in [1.29, 1.82) is 0 Å². The Labute approximate surface area is 106 Å². The molecule has 0 amide bonds. The Balaban J connectivity index is 2.41. The molecule has 4 nitrogen and oxygen atoms in total. The van der Waals surface area contributed by atoms with Crippen LogP contribution in [-0.2, 0) is 6.54 Å². The Bertz CT molecular complexity index is 536. The van der Waals surface area contributed by atoms with E-state index in [1.807, 2.05) is 20.0 Å². The van der Waals surface area contributed by atoms with Crippen LogP contribution in [0.25, 0.3) is 0 Å². The zero-order valence-corrected chi connectivity index (χ0v) is 10.5. The molecule has 5 heteroatoms. The summed E-state index contributed by atoms with van der Waals surface area (Å²) >= 11 is 0. The lowest BCUT2D eigenvalue weighted by atomic mass is 10.00. The van der Waals surface area contributed by atoms with Gasteiger partial charge in [0.2, 0.25) is 0 Å². The van der Waals surface area contributed by atoms with Crippen LogP contribution in [0.2, 0.25) is 0 Å². The van der Waals surface area contributed by atoms with Gasteiger partial charge in [-0.2, -0.15) is 5.10 Å². The summed E-state index contributed by atoms with van der Waals surface area (Å²) in [7, 11) is 0. The molecule has 0 aliphatic heterocycles. The van der Waals surface area contributed by atoms with Crippen LogP contribution in [0, 0.1) is 12.7 Å². The van der Waals surface area contributed by atoms with E-state index in [2.05, 4.69) is 10.5 Å². The Morgan fingerprint density at radius 3 is 2.89 bits per heavy atom. The number of aryl methyl sites for hydroxylation is 2. The fourth-order valence-corrected chi connectivity index (χ4v) is 1.95. The molecule has 1 heterocycles. The zero-order valence-electron chi connectivity index (χ0n) is 10.5. The third kappa shape index (κ3) is 2.42. The van der Waals surface area contributed by atoms with Crippen LogP contribution < -0.4 is 11.3 Å². The lowest BCUT2D eigenvalue weighted by molar-refractivity contribution is 0.559. The molecule has 3 N–H and O–H groups in total. The predicted octanol–water partition coefficient (Wildman–Crippen LogP) is 1.90. The number of aromatic nitrogens is 2. The van der Waals surface area contributed by atoms with Crippen molar-refractivity contribution in [2.24, 2.45) is 5.84 Å². The molecular weight excluding hydrogens is 231 g/mol. The second kappa shape index (κ2) is 5.29. The minimum absolute atomic E-state index is 0.271. The van der Waals surface area contributed by atoms with Crippen LogP contribution in [0.5, 0.6) is 0 Å². The lowest BCUT2D eigenvalue weighted by Gasteiger charge is -2.16.